The zero-order valence-electron chi connectivity index (χ0n) is 14.7. The standard InChI is InChI=1S/C19H18N2O4S/c1-4-25-14-8-5-12(6-9-14)17(22)20-19-21(2)15-10-7-13(18(23)24-3)11-16(15)26-19/h5-11H,4H2,1-3H3. The van der Waals surface area contributed by atoms with Crippen LogP contribution in [0.25, 0.3) is 10.2 Å². The number of hydrogen-bond acceptors (Lipinski definition) is 5. The van der Waals surface area contributed by atoms with Crippen LogP contribution >= 0.6 is 11.3 Å². The van der Waals surface area contributed by atoms with E-state index in [9.17, 15) is 9.59 Å². The van der Waals surface area contributed by atoms with Crippen LogP contribution in [0.5, 0.6) is 5.75 Å². The molecule has 0 aliphatic carbocycles. The minimum atomic E-state index is -0.396. The van der Waals surface area contributed by atoms with Crippen molar-refractivity contribution in [2.45, 2.75) is 6.92 Å². The second-order valence-electron chi connectivity index (χ2n) is 5.49. The summed E-state index contributed by atoms with van der Waals surface area (Å²) in [5, 5.41) is 0. The molecule has 134 valence electrons. The van der Waals surface area contributed by atoms with Gasteiger partial charge in [-0.3, -0.25) is 4.79 Å². The second kappa shape index (κ2) is 7.53. The molecule has 0 aliphatic heterocycles. The largest absolute Gasteiger partial charge is 0.494 e. The van der Waals surface area contributed by atoms with Gasteiger partial charge >= 0.3 is 5.97 Å². The van der Waals surface area contributed by atoms with Crippen LogP contribution in [0.15, 0.2) is 47.5 Å². The highest BCUT2D eigenvalue weighted by atomic mass is 32.1. The van der Waals surface area contributed by atoms with E-state index in [-0.39, 0.29) is 5.91 Å². The van der Waals surface area contributed by atoms with Gasteiger partial charge in [0.25, 0.3) is 5.91 Å². The van der Waals surface area contributed by atoms with Crippen molar-refractivity contribution in [2.75, 3.05) is 13.7 Å². The van der Waals surface area contributed by atoms with E-state index in [1.54, 1.807) is 36.4 Å². The number of hydrogen-bond donors (Lipinski definition) is 0. The van der Waals surface area contributed by atoms with Gasteiger partial charge in [-0.25, -0.2) is 4.79 Å². The highest BCUT2D eigenvalue weighted by molar-refractivity contribution is 7.16. The highest BCUT2D eigenvalue weighted by Gasteiger charge is 2.11. The predicted octanol–water partition coefficient (Wildman–Crippen LogP) is 3.17. The van der Waals surface area contributed by atoms with Crippen LogP contribution in [0, 0.1) is 0 Å². The lowest BCUT2D eigenvalue weighted by Gasteiger charge is -2.02. The van der Waals surface area contributed by atoms with Gasteiger partial charge in [-0.1, -0.05) is 11.3 Å². The second-order valence-corrected chi connectivity index (χ2v) is 6.50. The monoisotopic (exact) mass is 370 g/mol. The maximum atomic E-state index is 12.4. The van der Waals surface area contributed by atoms with Gasteiger partial charge in [0.1, 0.15) is 5.75 Å². The maximum Gasteiger partial charge on any atom is 0.337 e. The molecule has 6 nitrogen and oxygen atoms in total. The number of esters is 1. The summed E-state index contributed by atoms with van der Waals surface area (Å²) < 4.78 is 12.8. The van der Waals surface area contributed by atoms with E-state index in [2.05, 4.69) is 4.99 Å². The molecule has 0 saturated carbocycles. The van der Waals surface area contributed by atoms with Crippen molar-refractivity contribution in [1.29, 1.82) is 0 Å². The average molecular weight is 370 g/mol. The Labute approximate surface area is 154 Å². The number of carbonyl (C=O) groups is 2. The lowest BCUT2D eigenvalue weighted by Crippen LogP contribution is -2.13. The van der Waals surface area contributed by atoms with E-state index >= 15 is 0 Å². The predicted molar refractivity (Wildman–Crippen MR) is 99.6 cm³/mol. The Kier molecular flexibility index (Phi) is 5.18. The zero-order valence-corrected chi connectivity index (χ0v) is 15.5. The van der Waals surface area contributed by atoms with Crippen LogP contribution in [-0.4, -0.2) is 30.2 Å². The quantitative estimate of drug-likeness (QED) is 0.662. The van der Waals surface area contributed by atoms with E-state index in [0.717, 1.165) is 10.2 Å². The number of rotatable bonds is 4. The molecule has 2 aromatic carbocycles. The molecule has 0 fully saturated rings. The first-order valence-electron chi connectivity index (χ1n) is 8.03. The van der Waals surface area contributed by atoms with Crippen LogP contribution in [0.1, 0.15) is 27.6 Å². The van der Waals surface area contributed by atoms with E-state index in [4.69, 9.17) is 9.47 Å². The van der Waals surface area contributed by atoms with Crippen molar-refractivity contribution in [1.82, 2.24) is 4.57 Å². The number of aryl methyl sites for hydroxylation is 1. The van der Waals surface area contributed by atoms with Gasteiger partial charge in [-0.05, 0) is 49.4 Å². The molecule has 0 unspecified atom stereocenters. The van der Waals surface area contributed by atoms with Gasteiger partial charge in [0.2, 0.25) is 0 Å². The number of methoxy groups -OCH3 is 1. The number of carbonyl (C=O) groups excluding carboxylic acids is 2. The fourth-order valence-corrected chi connectivity index (χ4v) is 3.55. The third-order valence-corrected chi connectivity index (χ3v) is 4.93. The van der Waals surface area contributed by atoms with Crippen LogP contribution in [-0.2, 0) is 11.8 Å². The first kappa shape index (κ1) is 17.9. The summed E-state index contributed by atoms with van der Waals surface area (Å²) >= 11 is 1.34. The SMILES string of the molecule is CCOc1ccc(C(=O)N=c2sc3cc(C(=O)OC)ccc3n2C)cc1. The van der Waals surface area contributed by atoms with Crippen molar-refractivity contribution in [3.63, 3.8) is 0 Å². The van der Waals surface area contributed by atoms with Gasteiger partial charge in [0, 0.05) is 12.6 Å². The fraction of sp³-hybridized carbons (Fsp3) is 0.211. The van der Waals surface area contributed by atoms with E-state index in [1.807, 2.05) is 24.6 Å². The number of thiazole rings is 1. The summed E-state index contributed by atoms with van der Waals surface area (Å²) in [7, 11) is 3.18. The maximum absolute atomic E-state index is 12.4. The van der Waals surface area contributed by atoms with Gasteiger partial charge in [0.05, 0.1) is 29.5 Å². The summed E-state index contributed by atoms with van der Waals surface area (Å²) in [6.45, 7) is 2.48. The molecule has 1 aromatic heterocycles. The summed E-state index contributed by atoms with van der Waals surface area (Å²) in [5.41, 5.74) is 1.84. The lowest BCUT2D eigenvalue weighted by atomic mass is 10.2. The third-order valence-electron chi connectivity index (χ3n) is 3.84. The molecular weight excluding hydrogens is 352 g/mol. The molecule has 1 heterocycles. The Hall–Kier alpha value is -2.93. The van der Waals surface area contributed by atoms with Crippen molar-refractivity contribution in [2.24, 2.45) is 12.0 Å². The van der Waals surface area contributed by atoms with Crippen LogP contribution in [0.3, 0.4) is 0 Å². The molecule has 0 saturated heterocycles. The van der Waals surface area contributed by atoms with Crippen LogP contribution in [0.2, 0.25) is 0 Å². The van der Waals surface area contributed by atoms with Crippen molar-refractivity contribution in [3.05, 3.63) is 58.4 Å². The number of nitrogens with zero attached hydrogens (tertiary/aromatic N) is 2. The smallest absolute Gasteiger partial charge is 0.337 e. The summed E-state index contributed by atoms with van der Waals surface area (Å²) in [4.78, 5) is 28.9. The molecule has 0 bridgehead atoms. The Balaban J connectivity index is 1.96. The van der Waals surface area contributed by atoms with Gasteiger partial charge < -0.3 is 14.0 Å². The third kappa shape index (κ3) is 3.52. The molecule has 26 heavy (non-hydrogen) atoms. The molecule has 3 rings (SSSR count). The van der Waals surface area contributed by atoms with Gasteiger partial charge in [-0.2, -0.15) is 4.99 Å². The molecule has 0 atom stereocenters. The number of benzene rings is 2. The van der Waals surface area contributed by atoms with Gasteiger partial charge in [0.15, 0.2) is 4.80 Å². The van der Waals surface area contributed by atoms with Crippen molar-refractivity contribution < 1.29 is 19.1 Å². The number of ether oxygens (including phenoxy) is 2. The average Bonchev–Trinajstić information content (AvgIpc) is 2.97. The molecule has 1 amide bonds. The summed E-state index contributed by atoms with van der Waals surface area (Å²) in [6, 6.07) is 12.1. The highest BCUT2D eigenvalue weighted by Crippen LogP contribution is 2.19. The number of fused-ring (bicyclic) bond motifs is 1. The molecular formula is C19H18N2O4S. The van der Waals surface area contributed by atoms with Crippen molar-refractivity contribution >= 4 is 33.4 Å². The Morgan fingerprint density at radius 3 is 2.46 bits per heavy atom. The first-order valence-corrected chi connectivity index (χ1v) is 8.85. The minimum absolute atomic E-state index is 0.330. The van der Waals surface area contributed by atoms with E-state index < -0.39 is 5.97 Å². The Bertz CT molecular complexity index is 1030. The molecule has 0 aliphatic rings. The lowest BCUT2D eigenvalue weighted by molar-refractivity contribution is 0.0601. The Morgan fingerprint density at radius 2 is 1.81 bits per heavy atom. The molecule has 0 N–H and O–H groups in total. The fourth-order valence-electron chi connectivity index (χ4n) is 2.50. The zero-order chi connectivity index (χ0) is 18.7. The number of aromatic nitrogens is 1. The Morgan fingerprint density at radius 1 is 1.12 bits per heavy atom. The summed E-state index contributed by atoms with van der Waals surface area (Å²) in [6.07, 6.45) is 0. The molecule has 0 spiro atoms. The topological polar surface area (TPSA) is 69.9 Å². The van der Waals surface area contributed by atoms with E-state index in [0.29, 0.717) is 28.3 Å². The molecule has 3 aromatic rings. The van der Waals surface area contributed by atoms with Gasteiger partial charge in [-0.15, -0.1) is 0 Å². The normalized spacial score (nSPS) is 11.6. The number of amides is 1. The summed E-state index contributed by atoms with van der Waals surface area (Å²) in [5.74, 6) is -0.0119. The molecule has 7 heteroatoms. The van der Waals surface area contributed by atoms with E-state index in [1.165, 1.54) is 18.4 Å². The van der Waals surface area contributed by atoms with Crippen LogP contribution in [0.4, 0.5) is 0 Å². The van der Waals surface area contributed by atoms with Crippen molar-refractivity contribution in [3.8, 4) is 5.75 Å². The molecule has 0 radical (unpaired) electrons. The van der Waals surface area contributed by atoms with Crippen LogP contribution < -0.4 is 9.54 Å². The first-order chi connectivity index (χ1) is 12.5. The minimum Gasteiger partial charge on any atom is -0.494 e.